The Bertz CT molecular complexity index is 1110. The van der Waals surface area contributed by atoms with Crippen molar-refractivity contribution in [3.8, 4) is 11.5 Å². The quantitative estimate of drug-likeness (QED) is 0.599. The first kappa shape index (κ1) is 20.8. The normalized spacial score (nSPS) is 22.5. The summed E-state index contributed by atoms with van der Waals surface area (Å²) in [5, 5.41) is 23.4. The summed E-state index contributed by atoms with van der Waals surface area (Å²) in [5.74, 6) is 0.223. The standard InChI is InChI=1S/C21H22N2O5S2/c24-16-6-7-17(19(25)12-16)13-1-4-15(5-2-13)23-30(26,27)21-11-14(3-8-20(21)29)18-9-10-28-22-18/h3,6-7,9-13,15,23-25H,1-2,4-5,8H2/t13-,15+. The Morgan fingerprint density at radius 2 is 1.90 bits per heavy atom. The number of phenolic OH excluding ortho intramolecular Hbond substituents is 2. The van der Waals surface area contributed by atoms with Gasteiger partial charge in [-0.05, 0) is 49.3 Å². The molecule has 0 unspecified atom stereocenters. The van der Waals surface area contributed by atoms with E-state index in [4.69, 9.17) is 16.7 Å². The molecule has 0 amide bonds. The summed E-state index contributed by atoms with van der Waals surface area (Å²) in [7, 11) is -3.76. The third-order valence-electron chi connectivity index (χ3n) is 5.59. The molecule has 2 aliphatic carbocycles. The van der Waals surface area contributed by atoms with Crippen molar-refractivity contribution in [3.05, 3.63) is 58.8 Å². The number of benzene rings is 1. The minimum atomic E-state index is -3.76. The topological polar surface area (TPSA) is 113 Å². The van der Waals surface area contributed by atoms with Gasteiger partial charge in [0.2, 0.25) is 10.0 Å². The second-order valence-corrected chi connectivity index (χ2v) is 9.77. The summed E-state index contributed by atoms with van der Waals surface area (Å²) in [6.07, 6.45) is 7.95. The van der Waals surface area contributed by atoms with Crippen LogP contribution in [0.3, 0.4) is 0 Å². The van der Waals surface area contributed by atoms with Crippen molar-refractivity contribution < 1.29 is 23.2 Å². The number of aromatic hydroxyl groups is 2. The molecule has 1 aromatic carbocycles. The van der Waals surface area contributed by atoms with Crippen LogP contribution < -0.4 is 4.72 Å². The third-order valence-corrected chi connectivity index (χ3v) is 7.70. The Kier molecular flexibility index (Phi) is 5.77. The van der Waals surface area contributed by atoms with Crippen LogP contribution in [0, 0.1) is 0 Å². The molecule has 0 radical (unpaired) electrons. The summed E-state index contributed by atoms with van der Waals surface area (Å²) in [6.45, 7) is 0. The number of aromatic nitrogens is 1. The number of nitrogens with zero attached hydrogens (tertiary/aromatic N) is 1. The van der Waals surface area contributed by atoms with E-state index in [1.165, 1.54) is 12.3 Å². The molecule has 1 saturated carbocycles. The van der Waals surface area contributed by atoms with Gasteiger partial charge in [0.1, 0.15) is 23.5 Å². The monoisotopic (exact) mass is 446 g/mol. The predicted octanol–water partition coefficient (Wildman–Crippen LogP) is 3.77. The third kappa shape index (κ3) is 4.33. The van der Waals surface area contributed by atoms with Gasteiger partial charge in [0.15, 0.2) is 0 Å². The minimum Gasteiger partial charge on any atom is -0.508 e. The number of thiocarbonyl (C=S) groups is 1. The average Bonchev–Trinajstić information content (AvgIpc) is 3.24. The summed E-state index contributed by atoms with van der Waals surface area (Å²) in [4.78, 5) is 0.480. The molecule has 0 bridgehead atoms. The molecule has 1 heterocycles. The molecule has 0 spiro atoms. The number of nitrogens with one attached hydrogen (secondary N) is 1. The Labute approximate surface area is 180 Å². The van der Waals surface area contributed by atoms with E-state index in [0.29, 0.717) is 35.4 Å². The van der Waals surface area contributed by atoms with E-state index in [1.54, 1.807) is 24.3 Å². The predicted molar refractivity (Wildman–Crippen MR) is 117 cm³/mol. The fourth-order valence-corrected chi connectivity index (χ4v) is 5.97. The van der Waals surface area contributed by atoms with Gasteiger partial charge in [0.25, 0.3) is 0 Å². The van der Waals surface area contributed by atoms with Crippen molar-refractivity contribution in [2.45, 2.75) is 44.1 Å². The molecule has 0 atom stereocenters. The van der Waals surface area contributed by atoms with Gasteiger partial charge in [-0.1, -0.05) is 29.5 Å². The summed E-state index contributed by atoms with van der Waals surface area (Å²) in [5.41, 5.74) is 2.02. The van der Waals surface area contributed by atoms with E-state index >= 15 is 0 Å². The lowest BCUT2D eigenvalue weighted by Crippen LogP contribution is -2.39. The van der Waals surface area contributed by atoms with Crippen molar-refractivity contribution in [1.29, 1.82) is 0 Å². The zero-order chi connectivity index (χ0) is 21.3. The first-order valence-corrected chi connectivity index (χ1v) is 11.6. The zero-order valence-corrected chi connectivity index (χ0v) is 17.7. The Balaban J connectivity index is 1.44. The van der Waals surface area contributed by atoms with Crippen LogP contribution >= 0.6 is 12.2 Å². The molecule has 7 nitrogen and oxygen atoms in total. The Morgan fingerprint density at radius 3 is 2.57 bits per heavy atom. The SMILES string of the molecule is O=S(=O)(N[C@H]1CC[C@@H](c2ccc(O)cc2O)CC1)C1=CC(c2ccon2)=CCC1=S. The van der Waals surface area contributed by atoms with Crippen molar-refractivity contribution >= 4 is 32.7 Å². The fourth-order valence-electron chi connectivity index (χ4n) is 4.03. The van der Waals surface area contributed by atoms with Crippen molar-refractivity contribution in [1.82, 2.24) is 9.88 Å². The first-order chi connectivity index (χ1) is 14.3. The molecule has 4 rings (SSSR count). The lowest BCUT2D eigenvalue weighted by molar-refractivity contribution is 0.363. The molecule has 0 saturated heterocycles. The van der Waals surface area contributed by atoms with Gasteiger partial charge in [-0.2, -0.15) is 0 Å². The van der Waals surface area contributed by atoms with E-state index in [0.717, 1.165) is 18.4 Å². The van der Waals surface area contributed by atoms with Crippen molar-refractivity contribution in [2.24, 2.45) is 0 Å². The Hall–Kier alpha value is -2.49. The highest BCUT2D eigenvalue weighted by Crippen LogP contribution is 2.39. The fraction of sp³-hybridized carbons (Fsp3) is 0.333. The van der Waals surface area contributed by atoms with E-state index in [2.05, 4.69) is 9.88 Å². The van der Waals surface area contributed by atoms with Gasteiger partial charge >= 0.3 is 0 Å². The highest BCUT2D eigenvalue weighted by molar-refractivity contribution is 7.96. The van der Waals surface area contributed by atoms with Gasteiger partial charge in [0.05, 0.1) is 4.91 Å². The molecule has 1 aromatic heterocycles. The number of phenols is 2. The van der Waals surface area contributed by atoms with E-state index in [9.17, 15) is 18.6 Å². The van der Waals surface area contributed by atoms with Crippen LogP contribution in [0.2, 0.25) is 0 Å². The van der Waals surface area contributed by atoms with Crippen LogP contribution in [0.15, 0.2) is 52.1 Å². The number of sulfonamides is 1. The second kappa shape index (κ2) is 8.33. The smallest absolute Gasteiger partial charge is 0.241 e. The van der Waals surface area contributed by atoms with Gasteiger partial charge < -0.3 is 14.7 Å². The van der Waals surface area contributed by atoms with Crippen LogP contribution in [0.5, 0.6) is 11.5 Å². The second-order valence-electron chi connectivity index (χ2n) is 7.59. The summed E-state index contributed by atoms with van der Waals surface area (Å²) < 4.78 is 33.7. The Morgan fingerprint density at radius 1 is 1.13 bits per heavy atom. The molecule has 3 N–H and O–H groups in total. The van der Waals surface area contributed by atoms with E-state index in [1.807, 2.05) is 6.08 Å². The van der Waals surface area contributed by atoms with Crippen LogP contribution in [0.25, 0.3) is 5.57 Å². The number of rotatable bonds is 5. The highest BCUT2D eigenvalue weighted by atomic mass is 32.2. The number of hydrogen-bond acceptors (Lipinski definition) is 7. The van der Waals surface area contributed by atoms with E-state index < -0.39 is 10.0 Å². The summed E-state index contributed by atoms with van der Waals surface area (Å²) >= 11 is 5.31. The van der Waals surface area contributed by atoms with Gasteiger partial charge in [-0.15, -0.1) is 0 Å². The average molecular weight is 447 g/mol. The largest absolute Gasteiger partial charge is 0.508 e. The lowest BCUT2D eigenvalue weighted by atomic mass is 9.81. The molecule has 1 fully saturated rings. The van der Waals surface area contributed by atoms with Gasteiger partial charge in [-0.25, -0.2) is 13.1 Å². The zero-order valence-electron chi connectivity index (χ0n) is 16.1. The molecular weight excluding hydrogens is 424 g/mol. The maximum Gasteiger partial charge on any atom is 0.241 e. The number of allylic oxidation sites excluding steroid dienone is 4. The molecule has 2 aliphatic rings. The molecular formula is C21H22N2O5S2. The molecule has 9 heteroatoms. The van der Waals surface area contributed by atoms with E-state index in [-0.39, 0.29) is 28.4 Å². The lowest BCUT2D eigenvalue weighted by Gasteiger charge is -2.30. The summed E-state index contributed by atoms with van der Waals surface area (Å²) in [6, 6.07) is 6.09. The van der Waals surface area contributed by atoms with Crippen LogP contribution in [0.4, 0.5) is 0 Å². The maximum atomic E-state index is 13.0. The van der Waals surface area contributed by atoms with Crippen LogP contribution in [-0.2, 0) is 10.0 Å². The number of hydrogen-bond donors (Lipinski definition) is 3. The highest BCUT2D eigenvalue weighted by Gasteiger charge is 2.31. The van der Waals surface area contributed by atoms with Crippen LogP contribution in [0.1, 0.15) is 49.3 Å². The molecule has 2 aromatic rings. The minimum absolute atomic E-state index is 0.0217. The molecule has 0 aliphatic heterocycles. The van der Waals surface area contributed by atoms with Gasteiger partial charge in [0, 0.05) is 35.0 Å². The van der Waals surface area contributed by atoms with Gasteiger partial charge in [-0.3, -0.25) is 0 Å². The first-order valence-electron chi connectivity index (χ1n) is 9.73. The molecule has 158 valence electrons. The van der Waals surface area contributed by atoms with Crippen molar-refractivity contribution in [3.63, 3.8) is 0 Å². The van der Waals surface area contributed by atoms with Crippen molar-refractivity contribution in [2.75, 3.05) is 0 Å². The molecule has 30 heavy (non-hydrogen) atoms. The van der Waals surface area contributed by atoms with Crippen LogP contribution in [-0.4, -0.2) is 34.7 Å². The maximum absolute atomic E-state index is 13.0.